The van der Waals surface area contributed by atoms with Crippen LogP contribution in [-0.4, -0.2) is 43.1 Å². The highest BCUT2D eigenvalue weighted by molar-refractivity contribution is 6.00. The Morgan fingerprint density at radius 1 is 0.871 bits per heavy atom. The van der Waals surface area contributed by atoms with Crippen molar-refractivity contribution >= 4 is 17.7 Å². The lowest BCUT2D eigenvalue weighted by Gasteiger charge is -2.26. The van der Waals surface area contributed by atoms with Crippen LogP contribution >= 0.6 is 0 Å². The van der Waals surface area contributed by atoms with Crippen LogP contribution in [0, 0.1) is 13.8 Å². The Labute approximate surface area is 180 Å². The number of carbonyl (C=O) groups is 2. The maximum absolute atomic E-state index is 12.9. The van der Waals surface area contributed by atoms with Gasteiger partial charge >= 0.3 is 0 Å². The van der Waals surface area contributed by atoms with E-state index >= 15 is 0 Å². The number of oxazole rings is 1. The lowest BCUT2D eigenvalue weighted by molar-refractivity contribution is 0.0843. The molecule has 3 aromatic rings. The van der Waals surface area contributed by atoms with Gasteiger partial charge in [-0.1, -0.05) is 35.4 Å². The predicted octanol–water partition coefficient (Wildman–Crippen LogP) is 2.87. The third-order valence-corrected chi connectivity index (χ3v) is 5.02. The maximum Gasteiger partial charge on any atom is 0.293 e. The second-order valence-electron chi connectivity index (χ2n) is 7.41. The fourth-order valence-electron chi connectivity index (χ4n) is 3.21. The third-order valence-electron chi connectivity index (χ3n) is 5.02. The first kappa shape index (κ1) is 20.6. The molecular weight excluding hydrogens is 396 g/mol. The fourth-order valence-corrected chi connectivity index (χ4v) is 3.21. The number of hydrogen-bond donors (Lipinski definition) is 2. The number of anilines is 1. The van der Waals surface area contributed by atoms with Gasteiger partial charge < -0.3 is 14.1 Å². The average molecular weight is 420 g/mol. The van der Waals surface area contributed by atoms with E-state index in [1.165, 1.54) is 0 Å². The number of rotatable bonds is 4. The number of amides is 2. The first-order valence-electron chi connectivity index (χ1n) is 10.1. The molecule has 0 atom stereocenters. The molecule has 0 saturated carbocycles. The number of nitrogens with one attached hydrogen (secondary N) is 2. The smallest absolute Gasteiger partial charge is 0.293 e. The second kappa shape index (κ2) is 9.01. The molecule has 31 heavy (non-hydrogen) atoms. The van der Waals surface area contributed by atoms with Gasteiger partial charge in [0.25, 0.3) is 11.8 Å². The number of nitrogens with zero attached hydrogens (tertiary/aromatic N) is 2. The number of aryl methyl sites for hydroxylation is 2. The summed E-state index contributed by atoms with van der Waals surface area (Å²) in [5.41, 5.74) is 8.36. The molecule has 2 heterocycles. The van der Waals surface area contributed by atoms with E-state index in [9.17, 15) is 9.59 Å². The lowest BCUT2D eigenvalue weighted by atomic mass is 10.1. The molecule has 2 N–H and O–H groups in total. The first-order valence-corrected chi connectivity index (χ1v) is 10.1. The summed E-state index contributed by atoms with van der Waals surface area (Å²) in [5, 5.41) is 0. The molecule has 1 aliphatic rings. The normalized spacial score (nSPS) is 13.7. The number of aromatic nitrogens is 1. The Bertz CT molecular complexity index is 1070. The van der Waals surface area contributed by atoms with Crippen LogP contribution in [0.4, 0.5) is 5.88 Å². The van der Waals surface area contributed by atoms with Gasteiger partial charge in [0.15, 0.2) is 5.69 Å². The van der Waals surface area contributed by atoms with Crippen molar-refractivity contribution in [3.05, 3.63) is 70.9 Å². The molecule has 2 amide bonds. The van der Waals surface area contributed by atoms with Gasteiger partial charge in [-0.3, -0.25) is 20.4 Å². The van der Waals surface area contributed by atoms with Gasteiger partial charge in [-0.2, -0.15) is 0 Å². The Balaban J connectivity index is 1.55. The number of benzene rings is 2. The summed E-state index contributed by atoms with van der Waals surface area (Å²) in [6, 6.07) is 14.8. The number of ether oxygens (including phenoxy) is 1. The van der Waals surface area contributed by atoms with Crippen molar-refractivity contribution in [2.75, 3.05) is 31.2 Å². The van der Waals surface area contributed by atoms with Crippen LogP contribution in [0.25, 0.3) is 11.5 Å². The third kappa shape index (κ3) is 4.75. The molecule has 0 spiro atoms. The van der Waals surface area contributed by atoms with E-state index in [0.717, 1.165) is 16.7 Å². The van der Waals surface area contributed by atoms with Crippen LogP contribution in [0.15, 0.2) is 52.9 Å². The largest absolute Gasteiger partial charge is 0.420 e. The van der Waals surface area contributed by atoms with Gasteiger partial charge in [-0.15, -0.1) is 0 Å². The van der Waals surface area contributed by atoms with Crippen LogP contribution in [0.1, 0.15) is 32.0 Å². The maximum atomic E-state index is 12.9. The molecule has 0 aliphatic carbocycles. The molecule has 8 heteroatoms. The first-order chi connectivity index (χ1) is 15.0. The SMILES string of the molecule is Cc1ccc(C(=O)NNC(=O)c2nc(-c3ccc(C)cc3)oc2N2CCOCC2)cc1. The van der Waals surface area contributed by atoms with Crippen LogP contribution in [0.3, 0.4) is 0 Å². The minimum atomic E-state index is -0.552. The molecule has 1 aromatic heterocycles. The summed E-state index contributed by atoms with van der Waals surface area (Å²) in [6.45, 7) is 6.16. The molecule has 1 saturated heterocycles. The van der Waals surface area contributed by atoms with E-state index in [4.69, 9.17) is 9.15 Å². The summed E-state index contributed by atoms with van der Waals surface area (Å²) < 4.78 is 11.4. The van der Waals surface area contributed by atoms with E-state index < -0.39 is 11.8 Å². The van der Waals surface area contributed by atoms with Crippen LogP contribution in [0.5, 0.6) is 0 Å². The Kier molecular flexibility index (Phi) is 5.99. The molecule has 0 radical (unpaired) electrons. The molecule has 8 nitrogen and oxygen atoms in total. The highest BCUT2D eigenvalue weighted by Gasteiger charge is 2.27. The van der Waals surface area contributed by atoms with E-state index in [-0.39, 0.29) is 5.69 Å². The molecule has 0 unspecified atom stereocenters. The highest BCUT2D eigenvalue weighted by Crippen LogP contribution is 2.29. The number of morpholine rings is 1. The van der Waals surface area contributed by atoms with Crippen LogP contribution < -0.4 is 15.8 Å². The fraction of sp³-hybridized carbons (Fsp3) is 0.261. The van der Waals surface area contributed by atoms with E-state index in [0.29, 0.717) is 43.6 Å². The lowest BCUT2D eigenvalue weighted by Crippen LogP contribution is -2.43. The summed E-state index contributed by atoms with van der Waals surface area (Å²) in [4.78, 5) is 31.6. The van der Waals surface area contributed by atoms with Gasteiger partial charge in [0.1, 0.15) is 0 Å². The zero-order chi connectivity index (χ0) is 21.8. The molecule has 0 bridgehead atoms. The van der Waals surface area contributed by atoms with Gasteiger partial charge in [-0.25, -0.2) is 4.98 Å². The van der Waals surface area contributed by atoms with Crippen molar-refractivity contribution in [2.24, 2.45) is 0 Å². The summed E-state index contributed by atoms with van der Waals surface area (Å²) in [6.07, 6.45) is 0. The van der Waals surface area contributed by atoms with Gasteiger partial charge in [0.2, 0.25) is 11.8 Å². The van der Waals surface area contributed by atoms with Gasteiger partial charge in [-0.05, 0) is 38.1 Å². The second-order valence-corrected chi connectivity index (χ2v) is 7.41. The Morgan fingerprint density at radius 2 is 1.45 bits per heavy atom. The Morgan fingerprint density at radius 3 is 2.10 bits per heavy atom. The van der Waals surface area contributed by atoms with Gasteiger partial charge in [0.05, 0.1) is 13.2 Å². The molecular formula is C23H24N4O4. The molecule has 4 rings (SSSR count). The highest BCUT2D eigenvalue weighted by atomic mass is 16.5. The topological polar surface area (TPSA) is 96.7 Å². The van der Waals surface area contributed by atoms with Gasteiger partial charge in [0, 0.05) is 24.2 Å². The summed E-state index contributed by atoms with van der Waals surface area (Å²) in [7, 11) is 0. The van der Waals surface area contributed by atoms with Crippen molar-refractivity contribution in [3.63, 3.8) is 0 Å². The zero-order valence-electron chi connectivity index (χ0n) is 17.5. The van der Waals surface area contributed by atoms with E-state index in [1.54, 1.807) is 12.1 Å². The molecule has 160 valence electrons. The number of hydrazine groups is 1. The minimum Gasteiger partial charge on any atom is -0.420 e. The number of carbonyl (C=O) groups excluding carboxylic acids is 2. The monoisotopic (exact) mass is 420 g/mol. The van der Waals surface area contributed by atoms with Crippen molar-refractivity contribution in [3.8, 4) is 11.5 Å². The minimum absolute atomic E-state index is 0.113. The number of hydrogen-bond acceptors (Lipinski definition) is 6. The standard InChI is InChI=1S/C23H24N4O4/c1-15-3-7-17(8-4-15)20(28)25-26-21(29)19-23(27-11-13-30-14-12-27)31-22(24-19)18-9-5-16(2)6-10-18/h3-10H,11-14H2,1-2H3,(H,25,28)(H,26,29). The predicted molar refractivity (Wildman–Crippen MR) is 116 cm³/mol. The quantitative estimate of drug-likeness (QED) is 0.630. The van der Waals surface area contributed by atoms with Crippen molar-refractivity contribution < 1.29 is 18.7 Å². The summed E-state index contributed by atoms with van der Waals surface area (Å²) >= 11 is 0. The summed E-state index contributed by atoms with van der Waals surface area (Å²) in [5.74, 6) is -0.259. The van der Waals surface area contributed by atoms with Crippen LogP contribution in [-0.2, 0) is 4.74 Å². The van der Waals surface area contributed by atoms with Crippen molar-refractivity contribution in [1.82, 2.24) is 15.8 Å². The van der Waals surface area contributed by atoms with Crippen molar-refractivity contribution in [1.29, 1.82) is 0 Å². The Hall–Kier alpha value is -3.65. The van der Waals surface area contributed by atoms with E-state index in [2.05, 4.69) is 15.8 Å². The molecule has 2 aromatic carbocycles. The van der Waals surface area contributed by atoms with Crippen LogP contribution in [0.2, 0.25) is 0 Å². The average Bonchev–Trinajstić information content (AvgIpc) is 3.24. The van der Waals surface area contributed by atoms with E-state index in [1.807, 2.05) is 55.1 Å². The zero-order valence-corrected chi connectivity index (χ0v) is 17.5. The molecule has 1 fully saturated rings. The molecule has 1 aliphatic heterocycles. The van der Waals surface area contributed by atoms with Crippen molar-refractivity contribution in [2.45, 2.75) is 13.8 Å².